The van der Waals surface area contributed by atoms with E-state index in [1.165, 1.54) is 29.5 Å². The standard InChI is InChI=1S/C11H9F5INO2/c1-2-20-7(19)3-5-8(9(12)13)6(11(14,15)16)4-18-10(5)17/h4,9H,2-3H2,1H3. The molecule has 0 atom stereocenters. The van der Waals surface area contributed by atoms with Crippen LogP contribution in [0, 0.1) is 3.70 Å². The largest absolute Gasteiger partial charge is 0.466 e. The van der Waals surface area contributed by atoms with Crippen LogP contribution in [0.2, 0.25) is 0 Å². The van der Waals surface area contributed by atoms with Crippen LogP contribution in [0.3, 0.4) is 0 Å². The van der Waals surface area contributed by atoms with Crippen molar-refractivity contribution < 1.29 is 31.5 Å². The monoisotopic (exact) mass is 409 g/mol. The molecular weight excluding hydrogens is 400 g/mol. The van der Waals surface area contributed by atoms with Gasteiger partial charge in [-0.1, -0.05) is 0 Å². The Morgan fingerprint density at radius 2 is 2.05 bits per heavy atom. The Labute approximate surface area is 124 Å². The molecule has 1 rings (SSSR count). The number of carbonyl (C=O) groups excluding carboxylic acids is 1. The zero-order valence-electron chi connectivity index (χ0n) is 10.1. The smallest absolute Gasteiger partial charge is 0.418 e. The molecule has 1 heterocycles. The molecule has 0 fully saturated rings. The van der Waals surface area contributed by atoms with E-state index in [9.17, 15) is 26.7 Å². The number of hydrogen-bond acceptors (Lipinski definition) is 3. The zero-order chi connectivity index (χ0) is 15.5. The van der Waals surface area contributed by atoms with Crippen molar-refractivity contribution in [1.29, 1.82) is 0 Å². The van der Waals surface area contributed by atoms with Gasteiger partial charge in [0.2, 0.25) is 0 Å². The molecule has 0 N–H and O–H groups in total. The Kier molecular flexibility index (Phi) is 5.66. The van der Waals surface area contributed by atoms with Crippen molar-refractivity contribution in [3.05, 3.63) is 26.6 Å². The van der Waals surface area contributed by atoms with Crippen LogP contribution in [-0.4, -0.2) is 17.6 Å². The number of esters is 1. The van der Waals surface area contributed by atoms with Gasteiger partial charge in [-0.15, -0.1) is 0 Å². The van der Waals surface area contributed by atoms with Crippen molar-refractivity contribution >= 4 is 28.6 Å². The van der Waals surface area contributed by atoms with Gasteiger partial charge in [-0.2, -0.15) is 13.2 Å². The number of pyridine rings is 1. The normalized spacial score (nSPS) is 11.8. The molecule has 0 amide bonds. The number of carbonyl (C=O) groups is 1. The molecule has 20 heavy (non-hydrogen) atoms. The van der Waals surface area contributed by atoms with Crippen molar-refractivity contribution in [3.8, 4) is 0 Å². The van der Waals surface area contributed by atoms with Gasteiger partial charge in [0.15, 0.2) is 0 Å². The van der Waals surface area contributed by atoms with E-state index in [4.69, 9.17) is 0 Å². The zero-order valence-corrected chi connectivity index (χ0v) is 12.3. The average Bonchev–Trinajstić information content (AvgIpc) is 2.29. The van der Waals surface area contributed by atoms with Crippen LogP contribution in [0.5, 0.6) is 0 Å². The highest BCUT2D eigenvalue weighted by atomic mass is 127. The molecule has 1 aromatic rings. The van der Waals surface area contributed by atoms with Crippen LogP contribution in [-0.2, 0) is 22.1 Å². The Bertz CT molecular complexity index is 504. The molecular formula is C11H9F5INO2. The third-order valence-electron chi connectivity index (χ3n) is 2.32. The number of rotatable bonds is 4. The van der Waals surface area contributed by atoms with Crippen molar-refractivity contribution in [2.45, 2.75) is 25.9 Å². The maximum Gasteiger partial charge on any atom is 0.418 e. The summed E-state index contributed by atoms with van der Waals surface area (Å²) >= 11 is 1.51. The van der Waals surface area contributed by atoms with Gasteiger partial charge in [-0.05, 0) is 29.5 Å². The third-order valence-corrected chi connectivity index (χ3v) is 3.25. The molecule has 0 bridgehead atoms. The van der Waals surface area contributed by atoms with Gasteiger partial charge in [0.25, 0.3) is 6.43 Å². The summed E-state index contributed by atoms with van der Waals surface area (Å²) < 4.78 is 68.5. The fraction of sp³-hybridized carbons (Fsp3) is 0.455. The minimum atomic E-state index is -4.97. The number of ether oxygens (including phenoxy) is 1. The van der Waals surface area contributed by atoms with E-state index in [0.29, 0.717) is 6.20 Å². The summed E-state index contributed by atoms with van der Waals surface area (Å²) in [6.07, 6.45) is -8.67. The molecule has 0 aliphatic heterocycles. The van der Waals surface area contributed by atoms with Gasteiger partial charge in [-0.3, -0.25) is 4.79 Å². The Morgan fingerprint density at radius 1 is 1.45 bits per heavy atom. The van der Waals surface area contributed by atoms with Crippen LogP contribution in [0.15, 0.2) is 6.20 Å². The summed E-state index contributed by atoms with van der Waals surface area (Å²) in [6.45, 7) is 1.51. The predicted molar refractivity (Wildman–Crippen MR) is 67.2 cm³/mol. The second-order valence-electron chi connectivity index (χ2n) is 3.64. The fourth-order valence-electron chi connectivity index (χ4n) is 1.54. The second kappa shape index (κ2) is 6.64. The van der Waals surface area contributed by atoms with E-state index in [2.05, 4.69) is 9.72 Å². The lowest BCUT2D eigenvalue weighted by atomic mass is 10.0. The Balaban J connectivity index is 3.37. The summed E-state index contributed by atoms with van der Waals surface area (Å²) in [5.74, 6) is -0.881. The number of halogens is 6. The lowest BCUT2D eigenvalue weighted by molar-refractivity contribution is -0.143. The maximum atomic E-state index is 13.0. The summed E-state index contributed by atoms with van der Waals surface area (Å²) in [4.78, 5) is 14.7. The SMILES string of the molecule is CCOC(=O)Cc1c(I)ncc(C(F)(F)F)c1C(F)F. The van der Waals surface area contributed by atoms with E-state index in [1.54, 1.807) is 0 Å². The minimum Gasteiger partial charge on any atom is -0.466 e. The van der Waals surface area contributed by atoms with Crippen LogP contribution in [0.4, 0.5) is 22.0 Å². The molecule has 0 aliphatic carbocycles. The van der Waals surface area contributed by atoms with E-state index in [0.717, 1.165) is 0 Å². The summed E-state index contributed by atoms with van der Waals surface area (Å²) in [7, 11) is 0. The lowest BCUT2D eigenvalue weighted by Crippen LogP contribution is -2.17. The Hall–Kier alpha value is -1.00. The molecule has 0 saturated carbocycles. The van der Waals surface area contributed by atoms with Crippen LogP contribution < -0.4 is 0 Å². The second-order valence-corrected chi connectivity index (χ2v) is 4.66. The Morgan fingerprint density at radius 3 is 2.50 bits per heavy atom. The van der Waals surface area contributed by atoms with E-state index < -0.39 is 41.7 Å². The average molecular weight is 409 g/mol. The molecule has 0 unspecified atom stereocenters. The number of hydrogen-bond donors (Lipinski definition) is 0. The third kappa shape index (κ3) is 4.00. The van der Waals surface area contributed by atoms with Crippen molar-refractivity contribution in [1.82, 2.24) is 4.98 Å². The van der Waals surface area contributed by atoms with Gasteiger partial charge in [0.05, 0.1) is 18.6 Å². The summed E-state index contributed by atoms with van der Waals surface area (Å²) in [5, 5.41) is 0. The summed E-state index contributed by atoms with van der Waals surface area (Å²) in [5.41, 5.74) is -3.20. The quantitative estimate of drug-likeness (QED) is 0.329. The highest BCUT2D eigenvalue weighted by molar-refractivity contribution is 14.1. The summed E-state index contributed by atoms with van der Waals surface area (Å²) in [6, 6.07) is 0. The molecule has 1 aromatic heterocycles. The maximum absolute atomic E-state index is 13.0. The predicted octanol–water partition coefficient (Wildman–Crippen LogP) is 3.75. The fourth-order valence-corrected chi connectivity index (χ4v) is 2.16. The van der Waals surface area contributed by atoms with E-state index in [1.807, 2.05) is 0 Å². The number of nitrogens with zero attached hydrogens (tertiary/aromatic N) is 1. The van der Waals surface area contributed by atoms with Crippen molar-refractivity contribution in [2.24, 2.45) is 0 Å². The number of alkyl halides is 5. The first-order chi connectivity index (χ1) is 9.18. The lowest BCUT2D eigenvalue weighted by Gasteiger charge is -2.16. The molecule has 3 nitrogen and oxygen atoms in total. The molecule has 0 radical (unpaired) electrons. The van der Waals surface area contributed by atoms with Gasteiger partial charge in [-0.25, -0.2) is 13.8 Å². The molecule has 0 spiro atoms. The van der Waals surface area contributed by atoms with Crippen molar-refractivity contribution in [3.63, 3.8) is 0 Å². The first kappa shape index (κ1) is 17.1. The highest BCUT2D eigenvalue weighted by Gasteiger charge is 2.38. The van der Waals surface area contributed by atoms with E-state index in [-0.39, 0.29) is 10.3 Å². The van der Waals surface area contributed by atoms with Gasteiger partial charge >= 0.3 is 12.1 Å². The van der Waals surface area contributed by atoms with Crippen LogP contribution in [0.1, 0.15) is 30.0 Å². The van der Waals surface area contributed by atoms with Gasteiger partial charge < -0.3 is 4.74 Å². The highest BCUT2D eigenvalue weighted by Crippen LogP contribution is 2.38. The van der Waals surface area contributed by atoms with Crippen LogP contribution >= 0.6 is 22.6 Å². The first-order valence-corrected chi connectivity index (χ1v) is 6.44. The molecule has 0 aromatic carbocycles. The topological polar surface area (TPSA) is 39.2 Å². The number of aromatic nitrogens is 1. The minimum absolute atomic E-state index is 0.00577. The molecule has 112 valence electrons. The molecule has 0 aliphatic rings. The molecule has 0 saturated heterocycles. The molecule has 9 heteroatoms. The van der Waals surface area contributed by atoms with Crippen LogP contribution in [0.25, 0.3) is 0 Å². The van der Waals surface area contributed by atoms with Crippen molar-refractivity contribution in [2.75, 3.05) is 6.61 Å². The van der Waals surface area contributed by atoms with E-state index >= 15 is 0 Å². The van der Waals surface area contributed by atoms with Gasteiger partial charge in [0.1, 0.15) is 3.70 Å². The first-order valence-electron chi connectivity index (χ1n) is 5.36. The van der Waals surface area contributed by atoms with Gasteiger partial charge in [0, 0.05) is 17.3 Å².